The molecular formula is C11H17N3OS. The third-order valence-electron chi connectivity index (χ3n) is 4.44. The van der Waals surface area contributed by atoms with Gasteiger partial charge in [-0.3, -0.25) is 10.2 Å². The second-order valence-electron chi connectivity index (χ2n) is 5.60. The molecule has 4 nitrogen and oxygen atoms in total. The normalized spacial score (nSPS) is 44.8. The molecule has 4 bridgehead atoms. The fourth-order valence-electron chi connectivity index (χ4n) is 4.12. The van der Waals surface area contributed by atoms with Crippen LogP contribution in [0.25, 0.3) is 0 Å². The second kappa shape index (κ2) is 3.40. The Morgan fingerprint density at radius 2 is 1.94 bits per heavy atom. The lowest BCUT2D eigenvalue weighted by Gasteiger charge is -2.55. The highest BCUT2D eigenvalue weighted by Gasteiger charge is 2.56. The Bertz CT molecular complexity index is 343. The maximum absolute atomic E-state index is 12.3. The number of hydrogen-bond donors (Lipinski definition) is 3. The van der Waals surface area contributed by atoms with E-state index in [1.807, 2.05) is 0 Å². The SMILES string of the molecule is NC(=S)NNC12CC3CC(CC(C3)C1=O)C2. The molecule has 0 aromatic carbocycles. The fraction of sp³-hybridized carbons (Fsp3) is 0.818. The first-order valence-electron chi connectivity index (χ1n) is 5.96. The van der Waals surface area contributed by atoms with E-state index in [2.05, 4.69) is 10.9 Å². The second-order valence-corrected chi connectivity index (χ2v) is 6.04. The zero-order valence-corrected chi connectivity index (χ0v) is 9.98. The van der Waals surface area contributed by atoms with Gasteiger partial charge in [-0.05, 0) is 56.2 Å². The van der Waals surface area contributed by atoms with E-state index in [0.29, 0.717) is 5.78 Å². The minimum absolute atomic E-state index is 0.212. The molecule has 4 aliphatic carbocycles. The van der Waals surface area contributed by atoms with Gasteiger partial charge in [0, 0.05) is 5.92 Å². The zero-order chi connectivity index (χ0) is 11.3. The minimum atomic E-state index is -0.377. The lowest BCUT2D eigenvalue weighted by Crippen LogP contribution is -2.68. The lowest BCUT2D eigenvalue weighted by atomic mass is 9.52. The molecule has 2 atom stereocenters. The molecule has 4 N–H and O–H groups in total. The molecule has 0 aromatic rings. The van der Waals surface area contributed by atoms with Gasteiger partial charge in [0.25, 0.3) is 0 Å². The quantitative estimate of drug-likeness (QED) is 0.483. The third-order valence-corrected chi connectivity index (χ3v) is 4.55. The van der Waals surface area contributed by atoms with Crippen LogP contribution in [0.3, 0.4) is 0 Å². The molecular weight excluding hydrogens is 222 g/mol. The summed E-state index contributed by atoms with van der Waals surface area (Å²) in [5.41, 5.74) is 10.9. The van der Waals surface area contributed by atoms with Crippen LogP contribution >= 0.6 is 12.2 Å². The smallest absolute Gasteiger partial charge is 0.178 e. The predicted octanol–water partition coefficient (Wildman–Crippen LogP) is 0.472. The van der Waals surface area contributed by atoms with Crippen molar-refractivity contribution in [2.24, 2.45) is 23.5 Å². The summed E-state index contributed by atoms with van der Waals surface area (Å²) in [6.45, 7) is 0. The van der Waals surface area contributed by atoms with E-state index in [9.17, 15) is 4.79 Å². The maximum atomic E-state index is 12.3. The van der Waals surface area contributed by atoms with Gasteiger partial charge in [0.15, 0.2) is 10.9 Å². The zero-order valence-electron chi connectivity index (χ0n) is 9.16. The summed E-state index contributed by atoms with van der Waals surface area (Å²) in [5, 5.41) is 0.212. The number of rotatable bonds is 2. The first-order valence-corrected chi connectivity index (χ1v) is 6.37. The molecule has 0 amide bonds. The molecule has 16 heavy (non-hydrogen) atoms. The summed E-state index contributed by atoms with van der Waals surface area (Å²) in [6.07, 6.45) is 5.42. The topological polar surface area (TPSA) is 67.2 Å². The van der Waals surface area contributed by atoms with Crippen LogP contribution in [0.5, 0.6) is 0 Å². The molecule has 0 aliphatic heterocycles. The highest BCUT2D eigenvalue weighted by molar-refractivity contribution is 7.80. The number of hydrazine groups is 1. The van der Waals surface area contributed by atoms with Crippen molar-refractivity contribution in [3.63, 3.8) is 0 Å². The molecule has 4 aliphatic rings. The number of carbonyl (C=O) groups is 1. The molecule has 4 fully saturated rings. The molecule has 5 heteroatoms. The van der Waals surface area contributed by atoms with E-state index in [0.717, 1.165) is 37.5 Å². The van der Waals surface area contributed by atoms with Gasteiger partial charge in [0.2, 0.25) is 0 Å². The summed E-state index contributed by atoms with van der Waals surface area (Å²) in [4.78, 5) is 12.3. The molecule has 4 saturated carbocycles. The summed E-state index contributed by atoms with van der Waals surface area (Å²) >= 11 is 4.78. The van der Waals surface area contributed by atoms with Crippen molar-refractivity contribution in [3.05, 3.63) is 0 Å². The molecule has 0 heterocycles. The minimum Gasteiger partial charge on any atom is -0.375 e. The molecule has 0 saturated heterocycles. The number of nitrogens with two attached hydrogens (primary N) is 1. The number of ketones is 1. The molecule has 0 radical (unpaired) electrons. The van der Waals surface area contributed by atoms with Crippen LogP contribution in [0.2, 0.25) is 0 Å². The monoisotopic (exact) mass is 239 g/mol. The van der Waals surface area contributed by atoms with E-state index in [4.69, 9.17) is 18.0 Å². The van der Waals surface area contributed by atoms with Crippen molar-refractivity contribution in [2.45, 2.75) is 37.6 Å². The Kier molecular flexibility index (Phi) is 2.23. The molecule has 4 rings (SSSR count). The summed E-state index contributed by atoms with van der Waals surface area (Å²) in [5.74, 6) is 2.10. The van der Waals surface area contributed by atoms with Gasteiger partial charge in [0.1, 0.15) is 0 Å². The van der Waals surface area contributed by atoms with Gasteiger partial charge in [-0.1, -0.05) is 0 Å². The van der Waals surface area contributed by atoms with Crippen LogP contribution in [-0.2, 0) is 4.79 Å². The van der Waals surface area contributed by atoms with Crippen LogP contribution in [0, 0.1) is 17.8 Å². The highest BCUT2D eigenvalue weighted by Crippen LogP contribution is 2.53. The third kappa shape index (κ3) is 1.45. The van der Waals surface area contributed by atoms with Gasteiger partial charge in [-0.15, -0.1) is 0 Å². The van der Waals surface area contributed by atoms with Crippen molar-refractivity contribution < 1.29 is 4.79 Å². The van der Waals surface area contributed by atoms with Crippen LogP contribution in [0.15, 0.2) is 0 Å². The number of hydrogen-bond acceptors (Lipinski definition) is 3. The number of Topliss-reactive ketones (excluding diaryl/α,β-unsaturated/α-hetero) is 1. The number of nitrogens with one attached hydrogen (secondary N) is 2. The first-order chi connectivity index (χ1) is 7.59. The van der Waals surface area contributed by atoms with E-state index < -0.39 is 0 Å². The van der Waals surface area contributed by atoms with Crippen LogP contribution in [-0.4, -0.2) is 16.4 Å². The molecule has 2 unspecified atom stereocenters. The first kappa shape index (κ1) is 10.5. The van der Waals surface area contributed by atoms with Crippen molar-refractivity contribution in [1.29, 1.82) is 0 Å². The van der Waals surface area contributed by atoms with Gasteiger partial charge in [-0.25, -0.2) is 5.43 Å². The summed E-state index contributed by atoms with van der Waals surface area (Å²) < 4.78 is 0. The lowest BCUT2D eigenvalue weighted by molar-refractivity contribution is -0.146. The van der Waals surface area contributed by atoms with E-state index in [-0.39, 0.29) is 16.6 Å². The van der Waals surface area contributed by atoms with Gasteiger partial charge in [-0.2, -0.15) is 0 Å². The number of carbonyl (C=O) groups excluding carboxylic acids is 1. The van der Waals surface area contributed by atoms with Crippen LogP contribution in [0.1, 0.15) is 32.1 Å². The summed E-state index contributed by atoms with van der Waals surface area (Å²) in [6, 6.07) is 0. The standard InChI is InChI=1S/C11H17N3OS/c12-10(16)13-14-11-4-6-1-7(5-11)3-8(2-6)9(11)15/h6-8,14H,1-5H2,(H3,12,13,16). The van der Waals surface area contributed by atoms with E-state index in [1.165, 1.54) is 6.42 Å². The van der Waals surface area contributed by atoms with Crippen LogP contribution < -0.4 is 16.6 Å². The van der Waals surface area contributed by atoms with Crippen molar-refractivity contribution in [2.75, 3.05) is 0 Å². The van der Waals surface area contributed by atoms with Gasteiger partial charge in [0.05, 0.1) is 5.54 Å². The molecule has 0 spiro atoms. The van der Waals surface area contributed by atoms with Crippen LogP contribution in [0.4, 0.5) is 0 Å². The predicted molar refractivity (Wildman–Crippen MR) is 64.3 cm³/mol. The summed E-state index contributed by atoms with van der Waals surface area (Å²) in [7, 11) is 0. The number of thiocarbonyl (C=S) groups is 1. The Labute approximate surface area is 100 Å². The average molecular weight is 239 g/mol. The van der Waals surface area contributed by atoms with E-state index >= 15 is 0 Å². The largest absolute Gasteiger partial charge is 0.375 e. The molecule has 88 valence electrons. The van der Waals surface area contributed by atoms with E-state index in [1.54, 1.807) is 0 Å². The molecule has 0 aromatic heterocycles. The fourth-order valence-corrected chi connectivity index (χ4v) is 4.17. The maximum Gasteiger partial charge on any atom is 0.178 e. The Hall–Kier alpha value is -0.680. The highest BCUT2D eigenvalue weighted by atomic mass is 32.1. The Morgan fingerprint density at radius 3 is 2.50 bits per heavy atom. The van der Waals surface area contributed by atoms with Gasteiger partial charge >= 0.3 is 0 Å². The average Bonchev–Trinajstić information content (AvgIpc) is 2.22. The Morgan fingerprint density at radius 1 is 1.31 bits per heavy atom. The van der Waals surface area contributed by atoms with Crippen molar-refractivity contribution in [1.82, 2.24) is 10.9 Å². The Balaban J connectivity index is 1.82. The van der Waals surface area contributed by atoms with Gasteiger partial charge < -0.3 is 5.73 Å². The van der Waals surface area contributed by atoms with Crippen molar-refractivity contribution in [3.8, 4) is 0 Å². The van der Waals surface area contributed by atoms with Crippen molar-refractivity contribution >= 4 is 23.1 Å².